The van der Waals surface area contributed by atoms with Crippen LogP contribution in [0.25, 0.3) is 0 Å². The zero-order valence-electron chi connectivity index (χ0n) is 10.4. The highest BCUT2D eigenvalue weighted by Gasteiger charge is 2.31. The predicted molar refractivity (Wildman–Crippen MR) is 63.3 cm³/mol. The minimum Gasteiger partial charge on any atom is -0.462 e. The number of rotatable bonds is 2. The number of ether oxygens (including phenoxy) is 1. The van der Waals surface area contributed by atoms with E-state index in [0.717, 1.165) is 17.8 Å². The fourth-order valence-electron chi connectivity index (χ4n) is 2.45. The summed E-state index contributed by atoms with van der Waals surface area (Å²) in [6, 6.07) is 0. The van der Waals surface area contributed by atoms with Crippen LogP contribution in [0.15, 0.2) is 0 Å². The number of nitrogens with one attached hydrogen (secondary N) is 1. The lowest BCUT2D eigenvalue weighted by Gasteiger charge is -2.17. The number of Topliss-reactive ketones (excluding diaryl/α,β-unsaturated/α-hetero) is 1. The monoisotopic (exact) mass is 235 g/mol. The molecule has 4 heteroatoms. The van der Waals surface area contributed by atoms with Gasteiger partial charge in [0.05, 0.1) is 17.7 Å². The van der Waals surface area contributed by atoms with Crippen molar-refractivity contribution >= 4 is 11.8 Å². The molecule has 0 spiro atoms. The van der Waals surface area contributed by atoms with Crippen molar-refractivity contribution in [3.8, 4) is 0 Å². The molecule has 92 valence electrons. The first-order valence-electron chi connectivity index (χ1n) is 5.96. The molecule has 1 aliphatic rings. The molecular weight excluding hydrogens is 218 g/mol. The van der Waals surface area contributed by atoms with Crippen LogP contribution in [-0.4, -0.2) is 23.3 Å². The molecule has 0 bridgehead atoms. The number of hydrogen-bond acceptors (Lipinski definition) is 3. The van der Waals surface area contributed by atoms with Crippen molar-refractivity contribution in [3.05, 3.63) is 22.5 Å². The van der Waals surface area contributed by atoms with Gasteiger partial charge in [0.1, 0.15) is 0 Å². The molecule has 0 saturated heterocycles. The van der Waals surface area contributed by atoms with Gasteiger partial charge in [-0.1, -0.05) is 6.92 Å². The molecule has 4 nitrogen and oxygen atoms in total. The highest BCUT2D eigenvalue weighted by Crippen LogP contribution is 2.29. The molecule has 0 aliphatic heterocycles. The van der Waals surface area contributed by atoms with Crippen molar-refractivity contribution in [2.24, 2.45) is 5.92 Å². The Hall–Kier alpha value is -1.58. The Morgan fingerprint density at radius 2 is 2.18 bits per heavy atom. The van der Waals surface area contributed by atoms with Crippen LogP contribution in [-0.2, 0) is 11.2 Å². The van der Waals surface area contributed by atoms with Gasteiger partial charge in [-0.15, -0.1) is 0 Å². The zero-order valence-corrected chi connectivity index (χ0v) is 10.4. The Bertz CT molecular complexity index is 473. The Labute approximate surface area is 100 Å². The second-order valence-electron chi connectivity index (χ2n) is 4.64. The molecule has 2 rings (SSSR count). The number of aryl methyl sites for hydroxylation is 1. The summed E-state index contributed by atoms with van der Waals surface area (Å²) in [6.07, 6.45) is 1.33. The van der Waals surface area contributed by atoms with E-state index in [2.05, 4.69) is 4.98 Å². The Kier molecular flexibility index (Phi) is 3.05. The predicted octanol–water partition coefficient (Wildman–Crippen LogP) is 2.26. The van der Waals surface area contributed by atoms with E-state index < -0.39 is 5.97 Å². The number of carbonyl (C=O) groups excluding carboxylic acids is 2. The first kappa shape index (κ1) is 11.9. The highest BCUT2D eigenvalue weighted by molar-refractivity contribution is 6.08. The lowest BCUT2D eigenvalue weighted by Crippen LogP contribution is -2.20. The standard InChI is InChI=1S/C13H17NO3/c1-4-17-13(16)11-8(3)14-9-5-7(2)6-10(15)12(9)11/h7,14H,4-6H2,1-3H3/t7-/m0/s1. The fraction of sp³-hybridized carbons (Fsp3) is 0.538. The number of ketones is 1. The molecule has 17 heavy (non-hydrogen) atoms. The van der Waals surface area contributed by atoms with Crippen molar-refractivity contribution in [1.29, 1.82) is 0 Å². The van der Waals surface area contributed by atoms with Crippen molar-refractivity contribution in [2.75, 3.05) is 6.61 Å². The van der Waals surface area contributed by atoms with E-state index in [9.17, 15) is 9.59 Å². The number of aromatic amines is 1. The largest absolute Gasteiger partial charge is 0.462 e. The maximum absolute atomic E-state index is 12.0. The lowest BCUT2D eigenvalue weighted by molar-refractivity contribution is 0.0522. The second kappa shape index (κ2) is 4.35. The maximum Gasteiger partial charge on any atom is 0.340 e. The summed E-state index contributed by atoms with van der Waals surface area (Å²) < 4.78 is 5.00. The second-order valence-corrected chi connectivity index (χ2v) is 4.64. The smallest absolute Gasteiger partial charge is 0.340 e. The van der Waals surface area contributed by atoms with Crippen LogP contribution in [0.4, 0.5) is 0 Å². The van der Waals surface area contributed by atoms with Crippen LogP contribution in [0.2, 0.25) is 0 Å². The minimum atomic E-state index is -0.398. The lowest BCUT2D eigenvalue weighted by atomic mass is 9.86. The summed E-state index contributed by atoms with van der Waals surface area (Å²) >= 11 is 0. The number of H-pyrrole nitrogens is 1. The van der Waals surface area contributed by atoms with Crippen LogP contribution in [0.1, 0.15) is 52.4 Å². The summed E-state index contributed by atoms with van der Waals surface area (Å²) in [4.78, 5) is 27.0. The van der Waals surface area contributed by atoms with E-state index in [1.165, 1.54) is 0 Å². The number of carbonyl (C=O) groups is 2. The number of esters is 1. The molecule has 0 aromatic carbocycles. The third kappa shape index (κ3) is 1.99. The summed E-state index contributed by atoms with van der Waals surface area (Å²) in [5.74, 6) is -0.0142. The maximum atomic E-state index is 12.0. The van der Waals surface area contributed by atoms with Gasteiger partial charge >= 0.3 is 5.97 Å². The van der Waals surface area contributed by atoms with Gasteiger partial charge in [-0.2, -0.15) is 0 Å². The van der Waals surface area contributed by atoms with E-state index in [4.69, 9.17) is 4.74 Å². The van der Waals surface area contributed by atoms with E-state index in [0.29, 0.717) is 30.1 Å². The van der Waals surface area contributed by atoms with Crippen molar-refractivity contribution in [1.82, 2.24) is 4.98 Å². The molecule has 1 atom stereocenters. The number of aromatic nitrogens is 1. The molecule has 0 unspecified atom stereocenters. The Morgan fingerprint density at radius 1 is 1.47 bits per heavy atom. The van der Waals surface area contributed by atoms with Gasteiger partial charge in [-0.3, -0.25) is 4.79 Å². The Morgan fingerprint density at radius 3 is 2.82 bits per heavy atom. The molecule has 1 aromatic heterocycles. The number of fused-ring (bicyclic) bond motifs is 1. The summed E-state index contributed by atoms with van der Waals surface area (Å²) in [5.41, 5.74) is 2.60. The van der Waals surface area contributed by atoms with Crippen LogP contribution >= 0.6 is 0 Å². The third-order valence-corrected chi connectivity index (χ3v) is 3.11. The molecule has 0 amide bonds. The van der Waals surface area contributed by atoms with Gasteiger partial charge in [-0.05, 0) is 26.2 Å². The van der Waals surface area contributed by atoms with Gasteiger partial charge in [0.25, 0.3) is 0 Å². The Balaban J connectivity index is 2.48. The third-order valence-electron chi connectivity index (χ3n) is 3.11. The normalized spacial score (nSPS) is 19.0. The van der Waals surface area contributed by atoms with Gasteiger partial charge in [0.15, 0.2) is 5.78 Å². The van der Waals surface area contributed by atoms with Crippen LogP contribution in [0, 0.1) is 12.8 Å². The van der Waals surface area contributed by atoms with Gasteiger partial charge in [0.2, 0.25) is 0 Å². The van der Waals surface area contributed by atoms with Crippen LogP contribution in [0.3, 0.4) is 0 Å². The quantitative estimate of drug-likeness (QED) is 0.800. The van der Waals surface area contributed by atoms with Gasteiger partial charge < -0.3 is 9.72 Å². The van der Waals surface area contributed by atoms with E-state index in [-0.39, 0.29) is 5.78 Å². The van der Waals surface area contributed by atoms with E-state index >= 15 is 0 Å². The van der Waals surface area contributed by atoms with Crippen molar-refractivity contribution < 1.29 is 14.3 Å². The molecule has 0 radical (unpaired) electrons. The molecule has 1 aliphatic carbocycles. The van der Waals surface area contributed by atoms with E-state index in [1.54, 1.807) is 6.92 Å². The average Bonchev–Trinajstić information content (AvgIpc) is 2.54. The molecule has 1 N–H and O–H groups in total. The SMILES string of the molecule is CCOC(=O)c1c(C)[nH]c2c1C(=O)C[C@@H](C)C2. The minimum absolute atomic E-state index is 0.0474. The number of hydrogen-bond donors (Lipinski definition) is 1. The molecule has 1 aromatic rings. The molecule has 1 heterocycles. The van der Waals surface area contributed by atoms with Crippen LogP contribution < -0.4 is 0 Å². The summed E-state index contributed by atoms with van der Waals surface area (Å²) in [6.45, 7) is 5.93. The average molecular weight is 235 g/mol. The topological polar surface area (TPSA) is 59.2 Å². The summed E-state index contributed by atoms with van der Waals surface area (Å²) in [5, 5.41) is 0. The van der Waals surface area contributed by atoms with Crippen molar-refractivity contribution in [3.63, 3.8) is 0 Å². The molecular formula is C13H17NO3. The van der Waals surface area contributed by atoms with Crippen LogP contribution in [0.5, 0.6) is 0 Å². The zero-order chi connectivity index (χ0) is 12.6. The van der Waals surface area contributed by atoms with E-state index in [1.807, 2.05) is 13.8 Å². The summed E-state index contributed by atoms with van der Waals surface area (Å²) in [7, 11) is 0. The first-order chi connectivity index (χ1) is 8.04. The first-order valence-corrected chi connectivity index (χ1v) is 5.96. The highest BCUT2D eigenvalue weighted by atomic mass is 16.5. The fourth-order valence-corrected chi connectivity index (χ4v) is 2.45. The molecule has 0 saturated carbocycles. The molecule has 0 fully saturated rings. The van der Waals surface area contributed by atoms with Gasteiger partial charge in [0, 0.05) is 17.8 Å². The van der Waals surface area contributed by atoms with Gasteiger partial charge in [-0.25, -0.2) is 4.79 Å². The van der Waals surface area contributed by atoms with Crippen molar-refractivity contribution in [2.45, 2.75) is 33.6 Å².